The van der Waals surface area contributed by atoms with Gasteiger partial charge in [-0.1, -0.05) is 0 Å². The van der Waals surface area contributed by atoms with Crippen molar-refractivity contribution < 1.29 is 28.7 Å². The van der Waals surface area contributed by atoms with Crippen molar-refractivity contribution in [2.45, 2.75) is 64.8 Å². The molecule has 29 heavy (non-hydrogen) atoms. The minimum Gasteiger partial charge on any atom is -0.464 e. The topological polar surface area (TPSA) is 111 Å². The highest BCUT2D eigenvalue weighted by Crippen LogP contribution is 2.60. The summed E-state index contributed by atoms with van der Waals surface area (Å²) in [6.45, 7) is 3.58. The second kappa shape index (κ2) is 9.13. The standard InChI is InChI=1S/C21H32N2O6/c1-3-28-18(25)17(19(26)29-4-2)23-16(24)5-6-22-20(27)21-10-13-7-14(11-21)9-15(8-13)12-21/h13-15,17H,3-12H2,1-2H3,(H,22,27)(H,23,24). The summed E-state index contributed by atoms with van der Waals surface area (Å²) < 4.78 is 9.66. The molecule has 4 fully saturated rings. The lowest BCUT2D eigenvalue weighted by Gasteiger charge is -2.55. The lowest BCUT2D eigenvalue weighted by molar-refractivity contribution is -0.159. The number of ether oxygens (including phenoxy) is 2. The first-order valence-corrected chi connectivity index (χ1v) is 10.8. The molecule has 0 aromatic rings. The largest absolute Gasteiger partial charge is 0.464 e. The second-order valence-corrected chi connectivity index (χ2v) is 8.71. The zero-order valence-corrected chi connectivity index (χ0v) is 17.3. The third kappa shape index (κ3) is 4.90. The van der Waals surface area contributed by atoms with Gasteiger partial charge in [0.05, 0.1) is 13.2 Å². The molecule has 4 saturated carbocycles. The van der Waals surface area contributed by atoms with E-state index in [-0.39, 0.29) is 37.5 Å². The molecule has 162 valence electrons. The van der Waals surface area contributed by atoms with E-state index < -0.39 is 23.9 Å². The molecular formula is C21H32N2O6. The van der Waals surface area contributed by atoms with Gasteiger partial charge in [0.15, 0.2) is 0 Å². The van der Waals surface area contributed by atoms with Crippen molar-refractivity contribution in [2.75, 3.05) is 19.8 Å². The number of hydrogen-bond acceptors (Lipinski definition) is 6. The quantitative estimate of drug-likeness (QED) is 0.440. The van der Waals surface area contributed by atoms with Crippen molar-refractivity contribution >= 4 is 23.8 Å². The van der Waals surface area contributed by atoms with Crippen molar-refractivity contribution in [1.29, 1.82) is 0 Å². The van der Waals surface area contributed by atoms with Gasteiger partial charge in [-0.3, -0.25) is 9.59 Å². The minimum atomic E-state index is -1.48. The van der Waals surface area contributed by atoms with E-state index in [1.807, 2.05) is 0 Å². The Hall–Kier alpha value is -2.12. The molecule has 4 aliphatic rings. The summed E-state index contributed by atoms with van der Waals surface area (Å²) in [4.78, 5) is 49.0. The number of carbonyl (C=O) groups excluding carboxylic acids is 4. The summed E-state index contributed by atoms with van der Waals surface area (Å²) >= 11 is 0. The Balaban J connectivity index is 1.48. The van der Waals surface area contributed by atoms with Gasteiger partial charge in [-0.05, 0) is 70.1 Å². The van der Waals surface area contributed by atoms with E-state index in [0.717, 1.165) is 19.3 Å². The van der Waals surface area contributed by atoms with Gasteiger partial charge in [-0.2, -0.15) is 0 Å². The average molecular weight is 408 g/mol. The third-order valence-electron chi connectivity index (χ3n) is 6.51. The molecule has 0 aliphatic heterocycles. The summed E-state index contributed by atoms with van der Waals surface area (Å²) in [5.41, 5.74) is -0.260. The first-order valence-electron chi connectivity index (χ1n) is 10.8. The number of esters is 2. The lowest BCUT2D eigenvalue weighted by atomic mass is 9.49. The molecule has 2 amide bonds. The highest BCUT2D eigenvalue weighted by atomic mass is 16.6. The summed E-state index contributed by atoms with van der Waals surface area (Å²) in [6.07, 6.45) is 6.65. The maximum absolute atomic E-state index is 12.9. The zero-order valence-electron chi connectivity index (χ0n) is 17.3. The fourth-order valence-electron chi connectivity index (χ4n) is 5.76. The molecule has 0 unspecified atom stereocenters. The van der Waals surface area contributed by atoms with Crippen LogP contribution in [0.15, 0.2) is 0 Å². The number of hydrogen-bond donors (Lipinski definition) is 2. The Morgan fingerprint density at radius 1 is 0.897 bits per heavy atom. The van der Waals surface area contributed by atoms with Crippen LogP contribution in [-0.4, -0.2) is 49.6 Å². The van der Waals surface area contributed by atoms with Gasteiger partial charge in [0.2, 0.25) is 17.9 Å². The minimum absolute atomic E-state index is 0.0204. The van der Waals surface area contributed by atoms with Crippen molar-refractivity contribution in [3.63, 3.8) is 0 Å². The van der Waals surface area contributed by atoms with E-state index in [9.17, 15) is 19.2 Å². The molecule has 0 aromatic heterocycles. The van der Waals surface area contributed by atoms with Crippen molar-refractivity contribution in [3.8, 4) is 0 Å². The predicted octanol–water partition coefficient (Wildman–Crippen LogP) is 1.32. The van der Waals surface area contributed by atoms with Gasteiger partial charge in [-0.15, -0.1) is 0 Å². The van der Waals surface area contributed by atoms with Gasteiger partial charge in [0.25, 0.3) is 0 Å². The fraction of sp³-hybridized carbons (Fsp3) is 0.810. The van der Waals surface area contributed by atoms with Crippen LogP contribution in [0.4, 0.5) is 0 Å². The first-order chi connectivity index (χ1) is 13.9. The predicted molar refractivity (Wildman–Crippen MR) is 103 cm³/mol. The van der Waals surface area contributed by atoms with Gasteiger partial charge in [0.1, 0.15) is 0 Å². The molecule has 8 nitrogen and oxygen atoms in total. The number of carbonyl (C=O) groups is 4. The van der Waals surface area contributed by atoms with Crippen LogP contribution in [-0.2, 0) is 28.7 Å². The van der Waals surface area contributed by atoms with Gasteiger partial charge in [0, 0.05) is 18.4 Å². The van der Waals surface area contributed by atoms with Crippen LogP contribution in [0.1, 0.15) is 58.8 Å². The van der Waals surface area contributed by atoms with Gasteiger partial charge < -0.3 is 20.1 Å². The molecule has 0 spiro atoms. The number of rotatable bonds is 9. The molecule has 8 heteroatoms. The fourth-order valence-corrected chi connectivity index (χ4v) is 5.76. The molecule has 0 saturated heterocycles. The van der Waals surface area contributed by atoms with Crippen LogP contribution in [0.3, 0.4) is 0 Å². The smallest absolute Gasteiger partial charge is 0.340 e. The van der Waals surface area contributed by atoms with Crippen molar-refractivity contribution in [3.05, 3.63) is 0 Å². The third-order valence-corrected chi connectivity index (χ3v) is 6.51. The van der Waals surface area contributed by atoms with E-state index in [0.29, 0.717) is 17.8 Å². The van der Waals surface area contributed by atoms with Crippen LogP contribution >= 0.6 is 0 Å². The van der Waals surface area contributed by atoms with Gasteiger partial charge in [-0.25, -0.2) is 9.59 Å². The number of amides is 2. The Kier molecular flexibility index (Phi) is 6.80. The molecular weight excluding hydrogens is 376 g/mol. The molecule has 0 heterocycles. The van der Waals surface area contributed by atoms with Crippen LogP contribution < -0.4 is 10.6 Å². The summed E-state index contributed by atoms with van der Waals surface area (Å²) in [5.74, 6) is -0.145. The van der Waals surface area contributed by atoms with E-state index in [2.05, 4.69) is 10.6 Å². The maximum atomic E-state index is 12.9. The molecule has 2 N–H and O–H groups in total. The van der Waals surface area contributed by atoms with Crippen LogP contribution in [0.25, 0.3) is 0 Å². The molecule has 4 aliphatic carbocycles. The Morgan fingerprint density at radius 3 is 1.83 bits per heavy atom. The van der Waals surface area contributed by atoms with Crippen LogP contribution in [0.5, 0.6) is 0 Å². The summed E-state index contributed by atoms with van der Waals surface area (Å²) in [6, 6.07) is -1.48. The summed E-state index contributed by atoms with van der Waals surface area (Å²) in [5, 5.41) is 5.28. The molecule has 4 bridgehead atoms. The molecule has 4 rings (SSSR count). The monoisotopic (exact) mass is 408 g/mol. The van der Waals surface area contributed by atoms with Gasteiger partial charge >= 0.3 is 11.9 Å². The molecule has 0 aromatic carbocycles. The van der Waals surface area contributed by atoms with Crippen LogP contribution in [0.2, 0.25) is 0 Å². The highest BCUT2D eigenvalue weighted by molar-refractivity contribution is 6.02. The van der Waals surface area contributed by atoms with E-state index in [1.165, 1.54) is 19.3 Å². The molecule has 0 radical (unpaired) electrons. The van der Waals surface area contributed by atoms with Crippen molar-refractivity contribution in [1.82, 2.24) is 10.6 Å². The average Bonchev–Trinajstić information content (AvgIpc) is 2.65. The normalized spacial score (nSPS) is 29.4. The lowest BCUT2D eigenvalue weighted by Crippen LogP contribution is -2.54. The Bertz CT molecular complexity index is 608. The van der Waals surface area contributed by atoms with E-state index in [1.54, 1.807) is 13.8 Å². The SMILES string of the molecule is CCOC(=O)C(NC(=O)CCNC(=O)C12CC3CC(CC(C3)C1)C2)C(=O)OCC. The van der Waals surface area contributed by atoms with Crippen LogP contribution in [0, 0.1) is 23.2 Å². The Morgan fingerprint density at radius 2 is 1.38 bits per heavy atom. The molecule has 0 atom stereocenters. The van der Waals surface area contributed by atoms with E-state index in [4.69, 9.17) is 9.47 Å². The highest BCUT2D eigenvalue weighted by Gasteiger charge is 2.54. The number of nitrogens with one attached hydrogen (secondary N) is 2. The Labute approximate surface area is 171 Å². The maximum Gasteiger partial charge on any atom is 0.340 e. The summed E-state index contributed by atoms with van der Waals surface area (Å²) in [7, 11) is 0. The zero-order chi connectivity index (χ0) is 21.0. The van der Waals surface area contributed by atoms with E-state index >= 15 is 0 Å². The first kappa shape index (κ1) is 21.6. The second-order valence-electron chi connectivity index (χ2n) is 8.71. The van der Waals surface area contributed by atoms with Crippen molar-refractivity contribution in [2.24, 2.45) is 23.2 Å².